The Hall–Kier alpha value is -3.61. The number of carbonyl (C=O) groups excluding carboxylic acids is 1. The summed E-state index contributed by atoms with van der Waals surface area (Å²) < 4.78 is 10.5. The summed E-state index contributed by atoms with van der Waals surface area (Å²) in [5.41, 5.74) is 1.71. The molecule has 1 heterocycles. The molecule has 138 valence electrons. The van der Waals surface area contributed by atoms with Gasteiger partial charge in [0.15, 0.2) is 11.5 Å². The maximum atomic E-state index is 12.6. The molecule has 0 aliphatic rings. The van der Waals surface area contributed by atoms with E-state index in [1.807, 2.05) is 30.3 Å². The molecule has 2 N–H and O–H groups in total. The molecule has 7 nitrogen and oxygen atoms in total. The molecule has 0 aliphatic carbocycles. The number of aromatic nitrogens is 2. The number of aryl methyl sites for hydroxylation is 1. The van der Waals surface area contributed by atoms with Gasteiger partial charge in [0, 0.05) is 23.5 Å². The number of ether oxygens (including phenoxy) is 2. The normalized spacial score (nSPS) is 10.2. The Bertz CT molecular complexity index is 945. The largest absolute Gasteiger partial charge is 0.493 e. The first-order valence-electron chi connectivity index (χ1n) is 8.30. The Kier molecular flexibility index (Phi) is 5.51. The van der Waals surface area contributed by atoms with Crippen molar-refractivity contribution in [1.29, 1.82) is 0 Å². The standard InChI is InChI=1S/C20H20N4O3/c1-13-21-16(12-19(22-13)23-14-7-5-4-6-8-14)20(25)24-15-9-10-17(26-2)18(11-15)27-3/h4-12H,1-3H3,(H,24,25)(H,21,22,23). The molecule has 0 unspecified atom stereocenters. The third-order valence-electron chi connectivity index (χ3n) is 3.76. The van der Waals surface area contributed by atoms with Crippen LogP contribution in [0.25, 0.3) is 0 Å². The fraction of sp³-hybridized carbons (Fsp3) is 0.150. The summed E-state index contributed by atoms with van der Waals surface area (Å²) in [6, 6.07) is 16.4. The zero-order valence-corrected chi connectivity index (χ0v) is 15.3. The van der Waals surface area contributed by atoms with Crippen LogP contribution in [0, 0.1) is 6.92 Å². The highest BCUT2D eigenvalue weighted by Crippen LogP contribution is 2.30. The van der Waals surface area contributed by atoms with Gasteiger partial charge >= 0.3 is 0 Å². The lowest BCUT2D eigenvalue weighted by Crippen LogP contribution is -2.15. The van der Waals surface area contributed by atoms with Crippen LogP contribution in [-0.4, -0.2) is 30.1 Å². The summed E-state index contributed by atoms with van der Waals surface area (Å²) in [5, 5.41) is 5.98. The van der Waals surface area contributed by atoms with Crippen molar-refractivity contribution in [2.45, 2.75) is 6.92 Å². The Morgan fingerprint density at radius 2 is 1.63 bits per heavy atom. The number of benzene rings is 2. The molecule has 1 aromatic heterocycles. The van der Waals surface area contributed by atoms with Crippen molar-refractivity contribution in [2.75, 3.05) is 24.9 Å². The minimum absolute atomic E-state index is 0.260. The van der Waals surface area contributed by atoms with Crippen molar-refractivity contribution in [3.05, 3.63) is 66.1 Å². The van der Waals surface area contributed by atoms with Crippen molar-refractivity contribution in [3.63, 3.8) is 0 Å². The molecule has 0 spiro atoms. The topological polar surface area (TPSA) is 85.4 Å². The van der Waals surface area contributed by atoms with Crippen LogP contribution in [0.4, 0.5) is 17.2 Å². The van der Waals surface area contributed by atoms with Crippen LogP contribution in [0.15, 0.2) is 54.6 Å². The molecule has 7 heteroatoms. The van der Waals surface area contributed by atoms with Crippen LogP contribution in [0.3, 0.4) is 0 Å². The maximum Gasteiger partial charge on any atom is 0.274 e. The summed E-state index contributed by atoms with van der Waals surface area (Å²) in [6.45, 7) is 1.74. The van der Waals surface area contributed by atoms with Gasteiger partial charge in [0.25, 0.3) is 5.91 Å². The lowest BCUT2D eigenvalue weighted by molar-refractivity contribution is 0.102. The first-order chi connectivity index (χ1) is 13.1. The Balaban J connectivity index is 1.80. The van der Waals surface area contributed by atoms with E-state index in [2.05, 4.69) is 20.6 Å². The highest BCUT2D eigenvalue weighted by molar-refractivity contribution is 6.03. The average Bonchev–Trinajstić information content (AvgIpc) is 2.68. The van der Waals surface area contributed by atoms with E-state index in [4.69, 9.17) is 9.47 Å². The predicted octanol–water partition coefficient (Wildman–Crippen LogP) is 3.80. The summed E-state index contributed by atoms with van der Waals surface area (Å²) in [7, 11) is 3.10. The first kappa shape index (κ1) is 18.2. The smallest absolute Gasteiger partial charge is 0.274 e. The van der Waals surface area contributed by atoms with Gasteiger partial charge in [0.05, 0.1) is 14.2 Å². The zero-order chi connectivity index (χ0) is 19.2. The molecule has 27 heavy (non-hydrogen) atoms. The molecular formula is C20H20N4O3. The van der Waals surface area contributed by atoms with Crippen LogP contribution in [0.5, 0.6) is 11.5 Å². The van der Waals surface area contributed by atoms with E-state index >= 15 is 0 Å². The van der Waals surface area contributed by atoms with Crippen molar-refractivity contribution in [1.82, 2.24) is 9.97 Å². The van der Waals surface area contributed by atoms with E-state index in [1.54, 1.807) is 45.4 Å². The number of carbonyl (C=O) groups is 1. The number of nitrogens with one attached hydrogen (secondary N) is 2. The van der Waals surface area contributed by atoms with Gasteiger partial charge < -0.3 is 20.1 Å². The maximum absolute atomic E-state index is 12.6. The molecular weight excluding hydrogens is 344 g/mol. The summed E-state index contributed by atoms with van der Waals surface area (Å²) in [5.74, 6) is 1.81. The molecule has 0 radical (unpaired) electrons. The van der Waals surface area contributed by atoms with Crippen LogP contribution >= 0.6 is 0 Å². The van der Waals surface area contributed by atoms with E-state index in [0.717, 1.165) is 5.69 Å². The van der Waals surface area contributed by atoms with Crippen LogP contribution < -0.4 is 20.1 Å². The molecule has 0 bridgehead atoms. The van der Waals surface area contributed by atoms with Gasteiger partial charge in [-0.2, -0.15) is 0 Å². The molecule has 0 fully saturated rings. The van der Waals surface area contributed by atoms with Crippen LogP contribution in [0.2, 0.25) is 0 Å². The molecule has 2 aromatic carbocycles. The lowest BCUT2D eigenvalue weighted by atomic mass is 10.2. The molecule has 3 aromatic rings. The minimum Gasteiger partial charge on any atom is -0.493 e. The Labute approximate surface area is 157 Å². The Morgan fingerprint density at radius 1 is 0.889 bits per heavy atom. The van der Waals surface area contributed by atoms with Crippen LogP contribution in [-0.2, 0) is 0 Å². The number of para-hydroxylation sites is 1. The van der Waals surface area contributed by atoms with E-state index in [9.17, 15) is 4.79 Å². The number of anilines is 3. The summed E-state index contributed by atoms with van der Waals surface area (Å²) in [4.78, 5) is 21.2. The second kappa shape index (κ2) is 8.18. The number of methoxy groups -OCH3 is 2. The number of amides is 1. The highest BCUT2D eigenvalue weighted by Gasteiger charge is 2.13. The van der Waals surface area contributed by atoms with Crippen molar-refractivity contribution < 1.29 is 14.3 Å². The monoisotopic (exact) mass is 364 g/mol. The fourth-order valence-electron chi connectivity index (χ4n) is 2.53. The van der Waals surface area contributed by atoms with Crippen molar-refractivity contribution in [3.8, 4) is 11.5 Å². The van der Waals surface area contributed by atoms with Gasteiger partial charge in [0.2, 0.25) is 0 Å². The second-order valence-electron chi connectivity index (χ2n) is 5.70. The lowest BCUT2D eigenvalue weighted by Gasteiger charge is -2.11. The van der Waals surface area contributed by atoms with Gasteiger partial charge in [-0.1, -0.05) is 18.2 Å². The average molecular weight is 364 g/mol. The van der Waals surface area contributed by atoms with E-state index in [1.165, 1.54) is 0 Å². The number of hydrogen-bond acceptors (Lipinski definition) is 6. The number of rotatable bonds is 6. The highest BCUT2D eigenvalue weighted by atomic mass is 16.5. The zero-order valence-electron chi connectivity index (χ0n) is 15.3. The minimum atomic E-state index is -0.344. The van der Waals surface area contributed by atoms with E-state index < -0.39 is 0 Å². The summed E-state index contributed by atoms with van der Waals surface area (Å²) in [6.07, 6.45) is 0. The predicted molar refractivity (Wildman–Crippen MR) is 104 cm³/mol. The van der Waals surface area contributed by atoms with Gasteiger partial charge in [-0.05, 0) is 31.2 Å². The first-order valence-corrected chi connectivity index (χ1v) is 8.30. The SMILES string of the molecule is COc1ccc(NC(=O)c2cc(Nc3ccccc3)nc(C)n2)cc1OC. The van der Waals surface area contributed by atoms with Gasteiger partial charge in [-0.15, -0.1) is 0 Å². The van der Waals surface area contributed by atoms with E-state index in [-0.39, 0.29) is 11.6 Å². The molecule has 0 saturated heterocycles. The number of nitrogens with zero attached hydrogens (tertiary/aromatic N) is 2. The third kappa shape index (κ3) is 4.52. The number of hydrogen-bond donors (Lipinski definition) is 2. The van der Waals surface area contributed by atoms with Gasteiger partial charge in [-0.3, -0.25) is 4.79 Å². The van der Waals surface area contributed by atoms with Gasteiger partial charge in [-0.25, -0.2) is 9.97 Å². The second-order valence-corrected chi connectivity index (χ2v) is 5.70. The molecule has 0 aliphatic heterocycles. The molecule has 3 rings (SSSR count). The Morgan fingerprint density at radius 3 is 2.33 bits per heavy atom. The van der Waals surface area contributed by atoms with Crippen molar-refractivity contribution in [2.24, 2.45) is 0 Å². The van der Waals surface area contributed by atoms with Crippen molar-refractivity contribution >= 4 is 23.1 Å². The fourth-order valence-corrected chi connectivity index (χ4v) is 2.53. The molecule has 0 saturated carbocycles. The molecule has 1 amide bonds. The van der Waals surface area contributed by atoms with Gasteiger partial charge in [0.1, 0.15) is 17.3 Å². The van der Waals surface area contributed by atoms with E-state index in [0.29, 0.717) is 28.8 Å². The quantitative estimate of drug-likeness (QED) is 0.692. The van der Waals surface area contributed by atoms with Crippen LogP contribution in [0.1, 0.15) is 16.3 Å². The molecule has 0 atom stereocenters. The third-order valence-corrected chi connectivity index (χ3v) is 3.76. The summed E-state index contributed by atoms with van der Waals surface area (Å²) >= 11 is 0.